The number of hydrogen-bond donors (Lipinski definition) is 2. The normalized spacial score (nSPS) is 11.3. The van der Waals surface area contributed by atoms with Crippen molar-refractivity contribution in [3.05, 3.63) is 71.4 Å². The molecule has 0 saturated heterocycles. The number of para-hydroxylation sites is 1. The Hall–Kier alpha value is -3.55. The molecule has 0 aliphatic heterocycles. The zero-order valence-corrected chi connectivity index (χ0v) is 17.0. The van der Waals surface area contributed by atoms with Crippen molar-refractivity contribution in [3.8, 4) is 17.0 Å². The Bertz CT molecular complexity index is 1100. The van der Waals surface area contributed by atoms with Gasteiger partial charge in [-0.2, -0.15) is 0 Å². The number of aryl methyl sites for hydroxylation is 2. The number of rotatable bonds is 7. The van der Waals surface area contributed by atoms with Gasteiger partial charge in [-0.05, 0) is 48.7 Å². The molecule has 8 heteroatoms. The summed E-state index contributed by atoms with van der Waals surface area (Å²) in [6, 6.07) is 12.5. The van der Waals surface area contributed by atoms with Crippen LogP contribution < -0.4 is 10.1 Å². The summed E-state index contributed by atoms with van der Waals surface area (Å²) in [5, 5.41) is 12.7. The molecule has 0 spiro atoms. The van der Waals surface area contributed by atoms with Crippen LogP contribution in [0.1, 0.15) is 34.8 Å². The Morgan fingerprint density at radius 2 is 1.90 bits per heavy atom. The molecule has 3 aromatic rings. The van der Waals surface area contributed by atoms with E-state index in [4.69, 9.17) is 0 Å². The summed E-state index contributed by atoms with van der Waals surface area (Å²) in [5.74, 6) is -1.36. The molecule has 31 heavy (non-hydrogen) atoms. The largest absolute Gasteiger partial charge is 0.573 e. The van der Waals surface area contributed by atoms with E-state index in [9.17, 15) is 23.1 Å². The van der Waals surface area contributed by atoms with Crippen LogP contribution in [0.4, 0.5) is 24.5 Å². The van der Waals surface area contributed by atoms with Crippen LogP contribution in [0.3, 0.4) is 0 Å². The van der Waals surface area contributed by atoms with E-state index in [1.165, 1.54) is 30.5 Å². The van der Waals surface area contributed by atoms with E-state index in [1.54, 1.807) is 25.1 Å². The van der Waals surface area contributed by atoms with Crippen molar-refractivity contribution in [2.45, 2.75) is 33.1 Å². The van der Waals surface area contributed by atoms with E-state index in [1.807, 2.05) is 13.0 Å². The van der Waals surface area contributed by atoms with Crippen LogP contribution in [-0.2, 0) is 6.42 Å². The number of hydrogen-bond acceptors (Lipinski definition) is 4. The summed E-state index contributed by atoms with van der Waals surface area (Å²) in [6.07, 6.45) is -1.69. The fourth-order valence-electron chi connectivity index (χ4n) is 3.33. The Morgan fingerprint density at radius 3 is 2.55 bits per heavy atom. The van der Waals surface area contributed by atoms with Crippen molar-refractivity contribution in [1.82, 2.24) is 4.98 Å². The number of aromatic nitrogens is 1. The van der Waals surface area contributed by atoms with Gasteiger partial charge in [-0.1, -0.05) is 37.6 Å². The highest BCUT2D eigenvalue weighted by Gasteiger charge is 2.31. The van der Waals surface area contributed by atoms with Gasteiger partial charge in [0.2, 0.25) is 0 Å². The number of carboxylic acids is 1. The van der Waals surface area contributed by atoms with Gasteiger partial charge in [0, 0.05) is 5.56 Å². The third-order valence-corrected chi connectivity index (χ3v) is 4.59. The van der Waals surface area contributed by atoms with Crippen LogP contribution in [-0.4, -0.2) is 22.4 Å². The van der Waals surface area contributed by atoms with Gasteiger partial charge in [0.15, 0.2) is 0 Å². The summed E-state index contributed by atoms with van der Waals surface area (Å²) in [6.45, 7) is 3.79. The maximum Gasteiger partial charge on any atom is 0.573 e. The molecular weight excluding hydrogens is 409 g/mol. The molecule has 0 unspecified atom stereocenters. The molecule has 0 radical (unpaired) electrons. The van der Waals surface area contributed by atoms with Crippen molar-refractivity contribution in [2.24, 2.45) is 0 Å². The van der Waals surface area contributed by atoms with Gasteiger partial charge in [0.05, 0.1) is 28.8 Å². The lowest BCUT2D eigenvalue weighted by Gasteiger charge is -2.16. The number of anilines is 2. The van der Waals surface area contributed by atoms with Crippen LogP contribution in [0.5, 0.6) is 5.75 Å². The van der Waals surface area contributed by atoms with Gasteiger partial charge >= 0.3 is 12.3 Å². The van der Waals surface area contributed by atoms with Crippen LogP contribution in [0, 0.1) is 6.92 Å². The maximum absolute atomic E-state index is 12.5. The molecule has 2 aromatic carbocycles. The number of carboxylic acid groups (broad SMARTS) is 1. The SMILES string of the molecule is CCCc1cccc(C(=O)O)c1Nc1cnc(-c2cccc(OC(F)(F)F)c2)c(C)c1. The second-order valence-corrected chi connectivity index (χ2v) is 6.98. The number of ether oxygens (including phenoxy) is 1. The quantitative estimate of drug-likeness (QED) is 0.457. The van der Waals surface area contributed by atoms with Gasteiger partial charge in [0.1, 0.15) is 5.75 Å². The molecule has 0 fully saturated rings. The first-order valence-corrected chi connectivity index (χ1v) is 9.63. The van der Waals surface area contributed by atoms with Crippen LogP contribution in [0.2, 0.25) is 0 Å². The third kappa shape index (κ3) is 5.53. The maximum atomic E-state index is 12.5. The molecule has 0 aliphatic carbocycles. The molecule has 0 amide bonds. The number of halogens is 3. The molecule has 0 bridgehead atoms. The number of nitrogens with zero attached hydrogens (tertiary/aromatic N) is 1. The first-order valence-electron chi connectivity index (χ1n) is 9.63. The third-order valence-electron chi connectivity index (χ3n) is 4.59. The molecule has 0 saturated carbocycles. The lowest BCUT2D eigenvalue weighted by Crippen LogP contribution is -2.17. The fourth-order valence-corrected chi connectivity index (χ4v) is 3.33. The predicted octanol–water partition coefficient (Wildman–Crippen LogP) is 6.35. The highest BCUT2D eigenvalue weighted by molar-refractivity contribution is 5.96. The van der Waals surface area contributed by atoms with Crippen molar-refractivity contribution in [1.29, 1.82) is 0 Å². The van der Waals surface area contributed by atoms with Crippen LogP contribution in [0.15, 0.2) is 54.7 Å². The summed E-state index contributed by atoms with van der Waals surface area (Å²) < 4.78 is 41.5. The minimum atomic E-state index is -4.78. The van der Waals surface area contributed by atoms with Crippen molar-refractivity contribution >= 4 is 17.3 Å². The summed E-state index contributed by atoms with van der Waals surface area (Å²) in [7, 11) is 0. The van der Waals surface area contributed by atoms with E-state index in [2.05, 4.69) is 15.0 Å². The number of benzene rings is 2. The first kappa shape index (κ1) is 22.1. The lowest BCUT2D eigenvalue weighted by molar-refractivity contribution is -0.274. The Kier molecular flexibility index (Phi) is 6.48. The van der Waals surface area contributed by atoms with Crippen molar-refractivity contribution in [3.63, 3.8) is 0 Å². The molecule has 3 rings (SSSR count). The molecule has 1 heterocycles. The average molecular weight is 430 g/mol. The number of nitrogens with one attached hydrogen (secondary N) is 1. The average Bonchev–Trinajstić information content (AvgIpc) is 2.68. The van der Waals surface area contributed by atoms with E-state index >= 15 is 0 Å². The molecule has 1 aromatic heterocycles. The summed E-state index contributed by atoms with van der Waals surface area (Å²) in [5.41, 5.74) is 3.80. The smallest absolute Gasteiger partial charge is 0.478 e. The predicted molar refractivity (Wildman–Crippen MR) is 112 cm³/mol. The topological polar surface area (TPSA) is 71.5 Å². The minimum absolute atomic E-state index is 0.157. The Morgan fingerprint density at radius 1 is 1.16 bits per heavy atom. The number of aromatic carboxylic acids is 1. The highest BCUT2D eigenvalue weighted by atomic mass is 19.4. The Balaban J connectivity index is 1.93. The van der Waals surface area contributed by atoms with Gasteiger partial charge in [-0.3, -0.25) is 4.98 Å². The fraction of sp³-hybridized carbons (Fsp3) is 0.217. The number of carbonyl (C=O) groups is 1. The minimum Gasteiger partial charge on any atom is -0.478 e. The van der Waals surface area contributed by atoms with Crippen LogP contribution in [0.25, 0.3) is 11.3 Å². The van der Waals surface area contributed by atoms with Gasteiger partial charge in [-0.15, -0.1) is 13.2 Å². The molecule has 5 nitrogen and oxygen atoms in total. The van der Waals surface area contributed by atoms with Crippen LogP contribution >= 0.6 is 0 Å². The number of pyridine rings is 1. The standard InChI is InChI=1S/C23H21F3N2O3/c1-3-6-15-7-5-10-19(22(29)30)21(15)28-17-11-14(2)20(27-13-17)16-8-4-9-18(12-16)31-23(24,25)26/h4-5,7-13,28H,3,6H2,1-2H3,(H,29,30). The molecule has 0 atom stereocenters. The van der Waals surface area contributed by atoms with Crippen molar-refractivity contribution < 1.29 is 27.8 Å². The van der Waals surface area contributed by atoms with Crippen molar-refractivity contribution in [2.75, 3.05) is 5.32 Å². The molecule has 0 aliphatic rings. The van der Waals surface area contributed by atoms with Gasteiger partial charge in [-0.25, -0.2) is 4.79 Å². The highest BCUT2D eigenvalue weighted by Crippen LogP contribution is 2.31. The summed E-state index contributed by atoms with van der Waals surface area (Å²) in [4.78, 5) is 16.0. The monoisotopic (exact) mass is 430 g/mol. The zero-order chi connectivity index (χ0) is 22.6. The Labute approximate surface area is 177 Å². The zero-order valence-electron chi connectivity index (χ0n) is 17.0. The molecule has 2 N–H and O–H groups in total. The van der Waals surface area contributed by atoms with E-state index in [0.717, 1.165) is 12.0 Å². The van der Waals surface area contributed by atoms with Gasteiger partial charge in [0.25, 0.3) is 0 Å². The van der Waals surface area contributed by atoms with E-state index in [0.29, 0.717) is 34.6 Å². The summed E-state index contributed by atoms with van der Waals surface area (Å²) >= 11 is 0. The second kappa shape index (κ2) is 9.07. The van der Waals surface area contributed by atoms with E-state index < -0.39 is 12.3 Å². The number of alkyl halides is 3. The van der Waals surface area contributed by atoms with E-state index in [-0.39, 0.29) is 11.3 Å². The first-order chi connectivity index (χ1) is 14.7. The second-order valence-electron chi connectivity index (χ2n) is 6.98. The molecular formula is C23H21F3N2O3. The lowest BCUT2D eigenvalue weighted by atomic mass is 10.0. The van der Waals surface area contributed by atoms with Gasteiger partial charge < -0.3 is 15.2 Å². The molecule has 162 valence electrons.